The highest BCUT2D eigenvalue weighted by Gasteiger charge is 2.23. The van der Waals surface area contributed by atoms with Gasteiger partial charge in [0.25, 0.3) is 5.91 Å². The zero-order chi connectivity index (χ0) is 16.2. The first kappa shape index (κ1) is 16.8. The van der Waals surface area contributed by atoms with Crippen molar-refractivity contribution >= 4 is 5.91 Å². The van der Waals surface area contributed by atoms with Gasteiger partial charge in [-0.15, -0.1) is 0 Å². The third-order valence-corrected chi connectivity index (χ3v) is 3.82. The Labute approximate surface area is 132 Å². The Balaban J connectivity index is 1.96. The average Bonchev–Trinajstić information content (AvgIpc) is 2.70. The van der Waals surface area contributed by atoms with Crippen LogP contribution in [0.5, 0.6) is 5.75 Å². The smallest absolute Gasteiger partial charge is 0.253 e. The van der Waals surface area contributed by atoms with Crippen molar-refractivity contribution in [2.75, 3.05) is 39.8 Å². The summed E-state index contributed by atoms with van der Waals surface area (Å²) in [7, 11) is 1.61. The Bertz CT molecular complexity index is 494. The zero-order valence-corrected chi connectivity index (χ0v) is 13.7. The van der Waals surface area contributed by atoms with Crippen molar-refractivity contribution in [3.63, 3.8) is 0 Å². The van der Waals surface area contributed by atoms with Gasteiger partial charge in [0.1, 0.15) is 5.75 Å². The Morgan fingerprint density at radius 3 is 2.45 bits per heavy atom. The second kappa shape index (κ2) is 7.11. The lowest BCUT2D eigenvalue weighted by Crippen LogP contribution is -2.41. The number of ether oxygens (including phenoxy) is 1. The molecule has 0 unspecified atom stereocenters. The Kier molecular flexibility index (Phi) is 5.42. The molecule has 1 aromatic rings. The minimum atomic E-state index is -0.699. The molecule has 5 heteroatoms. The molecular weight excluding hydrogens is 280 g/mol. The number of carbonyl (C=O) groups is 1. The first-order valence-electron chi connectivity index (χ1n) is 7.77. The molecular formula is C17H26N2O3. The van der Waals surface area contributed by atoms with Crippen LogP contribution in [0.4, 0.5) is 0 Å². The van der Waals surface area contributed by atoms with Gasteiger partial charge < -0.3 is 14.7 Å². The summed E-state index contributed by atoms with van der Waals surface area (Å²) in [5.74, 6) is 0.816. The van der Waals surface area contributed by atoms with Crippen LogP contribution in [0.1, 0.15) is 30.6 Å². The first-order chi connectivity index (χ1) is 10.4. The molecule has 1 aliphatic rings. The van der Waals surface area contributed by atoms with Gasteiger partial charge in [0.15, 0.2) is 0 Å². The van der Waals surface area contributed by atoms with Crippen molar-refractivity contribution in [1.29, 1.82) is 0 Å². The van der Waals surface area contributed by atoms with E-state index in [2.05, 4.69) is 4.90 Å². The number of amides is 1. The third kappa shape index (κ3) is 4.71. The second-order valence-electron chi connectivity index (χ2n) is 6.46. The topological polar surface area (TPSA) is 53.0 Å². The van der Waals surface area contributed by atoms with E-state index < -0.39 is 5.60 Å². The van der Waals surface area contributed by atoms with Crippen molar-refractivity contribution in [1.82, 2.24) is 9.80 Å². The van der Waals surface area contributed by atoms with Gasteiger partial charge in [-0.25, -0.2) is 0 Å². The normalized spacial score (nSPS) is 17.2. The van der Waals surface area contributed by atoms with Crippen LogP contribution in [0.2, 0.25) is 0 Å². The van der Waals surface area contributed by atoms with Crippen LogP contribution in [0.15, 0.2) is 24.3 Å². The number of hydrogen-bond donors (Lipinski definition) is 1. The van der Waals surface area contributed by atoms with Crippen molar-refractivity contribution in [2.45, 2.75) is 25.9 Å². The van der Waals surface area contributed by atoms with E-state index in [1.807, 2.05) is 30.9 Å². The molecule has 0 bridgehead atoms. The van der Waals surface area contributed by atoms with Crippen molar-refractivity contribution in [3.8, 4) is 5.75 Å². The van der Waals surface area contributed by atoms with Gasteiger partial charge in [0.05, 0.1) is 12.7 Å². The molecule has 1 amide bonds. The van der Waals surface area contributed by atoms with E-state index in [9.17, 15) is 9.90 Å². The van der Waals surface area contributed by atoms with E-state index in [1.165, 1.54) is 0 Å². The summed E-state index contributed by atoms with van der Waals surface area (Å²) in [5.41, 5.74) is -0.00782. The van der Waals surface area contributed by atoms with Gasteiger partial charge in [-0.2, -0.15) is 0 Å². The molecule has 0 spiro atoms. The summed E-state index contributed by atoms with van der Waals surface area (Å²) in [6.45, 7) is 7.43. The van der Waals surface area contributed by atoms with E-state index in [0.717, 1.165) is 31.8 Å². The molecule has 0 aromatic heterocycles. The average molecular weight is 306 g/mol. The van der Waals surface area contributed by atoms with Gasteiger partial charge in [0.2, 0.25) is 0 Å². The van der Waals surface area contributed by atoms with E-state index in [1.54, 1.807) is 19.2 Å². The number of carbonyl (C=O) groups excluding carboxylic acids is 1. The predicted molar refractivity (Wildman–Crippen MR) is 86.3 cm³/mol. The van der Waals surface area contributed by atoms with Gasteiger partial charge in [-0.1, -0.05) is 0 Å². The highest BCUT2D eigenvalue weighted by Crippen LogP contribution is 2.15. The van der Waals surface area contributed by atoms with Crippen LogP contribution in [-0.4, -0.2) is 66.2 Å². The van der Waals surface area contributed by atoms with Crippen LogP contribution in [0.3, 0.4) is 0 Å². The molecule has 0 atom stereocenters. The summed E-state index contributed by atoms with van der Waals surface area (Å²) < 4.78 is 5.12. The molecule has 1 heterocycles. The number of hydrogen-bond acceptors (Lipinski definition) is 4. The fourth-order valence-corrected chi connectivity index (χ4v) is 2.80. The predicted octanol–water partition coefficient (Wildman–Crippen LogP) is 1.61. The largest absolute Gasteiger partial charge is 0.497 e. The Hall–Kier alpha value is -1.59. The molecule has 0 saturated carbocycles. The second-order valence-corrected chi connectivity index (χ2v) is 6.46. The summed E-state index contributed by atoms with van der Waals surface area (Å²) in [5, 5.41) is 9.93. The SMILES string of the molecule is COc1ccc(C(=O)N2CCCN(CC(C)(C)O)CC2)cc1. The highest BCUT2D eigenvalue weighted by atomic mass is 16.5. The number of aliphatic hydroxyl groups is 1. The number of rotatable bonds is 4. The number of nitrogens with zero attached hydrogens (tertiary/aromatic N) is 2. The van der Waals surface area contributed by atoms with Crippen molar-refractivity contribution in [3.05, 3.63) is 29.8 Å². The Morgan fingerprint density at radius 2 is 1.86 bits per heavy atom. The van der Waals surface area contributed by atoms with Crippen LogP contribution >= 0.6 is 0 Å². The lowest BCUT2D eigenvalue weighted by atomic mass is 10.1. The quantitative estimate of drug-likeness (QED) is 0.918. The van der Waals surface area contributed by atoms with E-state index in [-0.39, 0.29) is 5.91 Å². The minimum Gasteiger partial charge on any atom is -0.497 e. The molecule has 1 fully saturated rings. The van der Waals surface area contributed by atoms with Crippen molar-refractivity contribution < 1.29 is 14.6 Å². The lowest BCUT2D eigenvalue weighted by Gasteiger charge is -2.27. The number of benzene rings is 1. The molecule has 5 nitrogen and oxygen atoms in total. The molecule has 2 rings (SSSR count). The minimum absolute atomic E-state index is 0.0627. The van der Waals surface area contributed by atoms with Gasteiger partial charge in [0, 0.05) is 38.3 Å². The molecule has 1 saturated heterocycles. The van der Waals surface area contributed by atoms with Crippen molar-refractivity contribution in [2.24, 2.45) is 0 Å². The summed E-state index contributed by atoms with van der Waals surface area (Å²) in [4.78, 5) is 16.7. The summed E-state index contributed by atoms with van der Waals surface area (Å²) >= 11 is 0. The van der Waals surface area contributed by atoms with E-state index in [4.69, 9.17) is 4.74 Å². The first-order valence-corrected chi connectivity index (χ1v) is 7.77. The maximum Gasteiger partial charge on any atom is 0.253 e. The summed E-state index contributed by atoms with van der Waals surface area (Å²) in [6, 6.07) is 7.23. The fraction of sp³-hybridized carbons (Fsp3) is 0.588. The van der Waals surface area contributed by atoms with Crippen LogP contribution in [0.25, 0.3) is 0 Å². The third-order valence-electron chi connectivity index (χ3n) is 3.82. The van der Waals surface area contributed by atoms with Gasteiger partial charge >= 0.3 is 0 Å². The molecule has 1 aliphatic heterocycles. The van der Waals surface area contributed by atoms with Gasteiger partial charge in [-0.05, 0) is 44.5 Å². The lowest BCUT2D eigenvalue weighted by molar-refractivity contribution is 0.0374. The number of methoxy groups -OCH3 is 1. The monoisotopic (exact) mass is 306 g/mol. The molecule has 1 N–H and O–H groups in total. The highest BCUT2D eigenvalue weighted by molar-refractivity contribution is 5.94. The maximum absolute atomic E-state index is 12.6. The molecule has 22 heavy (non-hydrogen) atoms. The molecule has 122 valence electrons. The zero-order valence-electron chi connectivity index (χ0n) is 13.7. The molecule has 0 aliphatic carbocycles. The maximum atomic E-state index is 12.6. The van der Waals surface area contributed by atoms with E-state index in [0.29, 0.717) is 18.7 Å². The van der Waals surface area contributed by atoms with E-state index >= 15 is 0 Å². The molecule has 0 radical (unpaired) electrons. The standard InChI is InChI=1S/C17H26N2O3/c1-17(2,21)13-18-9-4-10-19(12-11-18)16(20)14-5-7-15(22-3)8-6-14/h5-8,21H,4,9-13H2,1-3H3. The molecule has 1 aromatic carbocycles. The van der Waals surface area contributed by atoms with Crippen LogP contribution < -0.4 is 4.74 Å². The Morgan fingerprint density at radius 1 is 1.18 bits per heavy atom. The summed E-state index contributed by atoms with van der Waals surface area (Å²) in [6.07, 6.45) is 0.929. The van der Waals surface area contributed by atoms with Crippen LogP contribution in [0, 0.1) is 0 Å². The van der Waals surface area contributed by atoms with Crippen LogP contribution in [-0.2, 0) is 0 Å². The fourth-order valence-electron chi connectivity index (χ4n) is 2.80. The number of β-amino-alcohol motifs (C(OH)–C–C–N with tert-alkyl or cyclic N) is 1. The van der Waals surface area contributed by atoms with Gasteiger partial charge in [-0.3, -0.25) is 9.69 Å².